The molecule has 2 nitrogen and oxygen atoms in total. The van der Waals surface area contributed by atoms with Gasteiger partial charge in [0.05, 0.1) is 6.61 Å². The molecule has 100 valence electrons. The van der Waals surface area contributed by atoms with Crippen LogP contribution in [0.3, 0.4) is 0 Å². The van der Waals surface area contributed by atoms with E-state index in [-0.39, 0.29) is 0 Å². The van der Waals surface area contributed by atoms with Crippen molar-refractivity contribution in [3.05, 3.63) is 30.3 Å². The van der Waals surface area contributed by atoms with Crippen LogP contribution >= 0.6 is 0 Å². The van der Waals surface area contributed by atoms with Gasteiger partial charge >= 0.3 is 0 Å². The standard InChI is InChI=1S/C8H10O.C5H13N.C2H6/c1-2-9-8-6-4-3-5-7-8;1-4-6-5(2)3;1-2/h3-7H,2H2,1H3;5-6H,4H2,1-3H3;1-2H3. The summed E-state index contributed by atoms with van der Waals surface area (Å²) in [4.78, 5) is 0. The normalized spacial score (nSPS) is 8.65. The van der Waals surface area contributed by atoms with Crippen molar-refractivity contribution in [3.8, 4) is 5.75 Å². The van der Waals surface area contributed by atoms with Crippen LogP contribution < -0.4 is 10.1 Å². The molecule has 0 aromatic heterocycles. The second kappa shape index (κ2) is 15.0. The average molecular weight is 239 g/mol. The fourth-order valence-electron chi connectivity index (χ4n) is 1.09. The topological polar surface area (TPSA) is 21.3 Å². The third kappa shape index (κ3) is 15.0. The van der Waals surface area contributed by atoms with Crippen molar-refractivity contribution in [2.75, 3.05) is 13.2 Å². The highest BCUT2D eigenvalue weighted by molar-refractivity contribution is 5.20. The molecule has 0 heterocycles. The van der Waals surface area contributed by atoms with E-state index in [1.54, 1.807) is 0 Å². The molecule has 0 radical (unpaired) electrons. The van der Waals surface area contributed by atoms with Crippen LogP contribution in [0.4, 0.5) is 0 Å². The summed E-state index contributed by atoms with van der Waals surface area (Å²) in [6, 6.07) is 10.4. The monoisotopic (exact) mass is 239 g/mol. The third-order valence-electron chi connectivity index (χ3n) is 1.67. The van der Waals surface area contributed by atoms with Gasteiger partial charge in [-0.15, -0.1) is 0 Å². The van der Waals surface area contributed by atoms with Crippen molar-refractivity contribution in [1.82, 2.24) is 5.32 Å². The van der Waals surface area contributed by atoms with E-state index in [1.807, 2.05) is 51.1 Å². The number of hydrogen-bond acceptors (Lipinski definition) is 2. The van der Waals surface area contributed by atoms with Gasteiger partial charge in [0.1, 0.15) is 5.75 Å². The molecule has 2 heteroatoms. The minimum Gasteiger partial charge on any atom is -0.494 e. The van der Waals surface area contributed by atoms with Gasteiger partial charge in [-0.25, -0.2) is 0 Å². The second-order valence-corrected chi connectivity index (χ2v) is 3.46. The van der Waals surface area contributed by atoms with Crippen LogP contribution in [-0.2, 0) is 0 Å². The first-order chi connectivity index (χ1) is 8.20. The number of para-hydroxylation sites is 1. The number of benzene rings is 1. The summed E-state index contributed by atoms with van der Waals surface area (Å²) in [7, 11) is 0. The van der Waals surface area contributed by atoms with Gasteiger partial charge in [0.15, 0.2) is 0 Å². The molecule has 0 unspecified atom stereocenters. The summed E-state index contributed by atoms with van der Waals surface area (Å²) in [5.74, 6) is 0.944. The summed E-state index contributed by atoms with van der Waals surface area (Å²) in [5, 5.41) is 3.21. The largest absolute Gasteiger partial charge is 0.494 e. The number of hydrogen-bond donors (Lipinski definition) is 1. The minimum atomic E-state index is 0.648. The third-order valence-corrected chi connectivity index (χ3v) is 1.67. The maximum Gasteiger partial charge on any atom is 0.119 e. The van der Waals surface area contributed by atoms with E-state index in [9.17, 15) is 0 Å². The molecule has 1 aromatic rings. The van der Waals surface area contributed by atoms with Crippen molar-refractivity contribution in [2.45, 2.75) is 47.6 Å². The highest BCUT2D eigenvalue weighted by Gasteiger charge is 1.84. The molecule has 0 spiro atoms. The van der Waals surface area contributed by atoms with E-state index in [1.165, 1.54) is 0 Å². The van der Waals surface area contributed by atoms with Crippen LogP contribution in [0.2, 0.25) is 0 Å². The Hall–Kier alpha value is -1.02. The lowest BCUT2D eigenvalue weighted by molar-refractivity contribution is 0.340. The van der Waals surface area contributed by atoms with Crippen LogP contribution in [0, 0.1) is 0 Å². The summed E-state index contributed by atoms with van der Waals surface area (Å²) in [6.45, 7) is 14.2. The SMILES string of the molecule is CC.CCNC(C)C.CCOc1ccccc1. The van der Waals surface area contributed by atoms with E-state index in [0.717, 1.165) is 18.9 Å². The number of ether oxygens (including phenoxy) is 1. The smallest absolute Gasteiger partial charge is 0.119 e. The van der Waals surface area contributed by atoms with Gasteiger partial charge in [-0.3, -0.25) is 0 Å². The van der Waals surface area contributed by atoms with Crippen LogP contribution in [0.25, 0.3) is 0 Å². The molecule has 0 saturated carbocycles. The Morgan fingerprint density at radius 1 is 1.06 bits per heavy atom. The van der Waals surface area contributed by atoms with Gasteiger partial charge in [-0.1, -0.05) is 52.8 Å². The Balaban J connectivity index is 0. The summed E-state index contributed by atoms with van der Waals surface area (Å²) in [6.07, 6.45) is 0. The van der Waals surface area contributed by atoms with Crippen molar-refractivity contribution >= 4 is 0 Å². The molecule has 1 aromatic carbocycles. The lowest BCUT2D eigenvalue weighted by atomic mass is 10.3. The number of rotatable bonds is 4. The maximum atomic E-state index is 5.21. The van der Waals surface area contributed by atoms with Gasteiger partial charge < -0.3 is 10.1 Å². The minimum absolute atomic E-state index is 0.648. The zero-order valence-electron chi connectivity index (χ0n) is 12.3. The quantitative estimate of drug-likeness (QED) is 0.853. The number of nitrogens with one attached hydrogen (secondary N) is 1. The Morgan fingerprint density at radius 2 is 1.59 bits per heavy atom. The van der Waals surface area contributed by atoms with E-state index in [4.69, 9.17) is 4.74 Å². The van der Waals surface area contributed by atoms with E-state index in [2.05, 4.69) is 26.1 Å². The Kier molecular flexibility index (Phi) is 16.2. The highest BCUT2D eigenvalue weighted by atomic mass is 16.5. The van der Waals surface area contributed by atoms with Crippen LogP contribution in [0.1, 0.15) is 41.5 Å². The van der Waals surface area contributed by atoms with Crippen LogP contribution in [-0.4, -0.2) is 19.2 Å². The van der Waals surface area contributed by atoms with E-state index < -0.39 is 0 Å². The second-order valence-electron chi connectivity index (χ2n) is 3.46. The molecule has 17 heavy (non-hydrogen) atoms. The molecule has 0 atom stereocenters. The lowest BCUT2D eigenvalue weighted by Gasteiger charge is -2.00. The fourth-order valence-corrected chi connectivity index (χ4v) is 1.09. The molecule has 0 aliphatic rings. The van der Waals surface area contributed by atoms with Crippen molar-refractivity contribution in [3.63, 3.8) is 0 Å². The first-order valence-electron chi connectivity index (χ1n) is 6.61. The summed E-state index contributed by atoms with van der Waals surface area (Å²) >= 11 is 0. The highest BCUT2D eigenvalue weighted by Crippen LogP contribution is 2.06. The predicted octanol–water partition coefficient (Wildman–Crippen LogP) is 4.12. The van der Waals surface area contributed by atoms with Crippen LogP contribution in [0.5, 0.6) is 5.75 Å². The lowest BCUT2D eigenvalue weighted by Crippen LogP contribution is -2.21. The Bertz CT molecular complexity index is 222. The molecule has 0 fully saturated rings. The van der Waals surface area contributed by atoms with E-state index in [0.29, 0.717) is 6.04 Å². The van der Waals surface area contributed by atoms with Crippen molar-refractivity contribution in [2.24, 2.45) is 0 Å². The van der Waals surface area contributed by atoms with Gasteiger partial charge in [-0.05, 0) is 25.6 Å². The first kappa shape index (κ1) is 18.3. The molecule has 1 rings (SSSR count). The molecule has 1 N–H and O–H groups in total. The molecular weight excluding hydrogens is 210 g/mol. The Labute approximate surface area is 107 Å². The zero-order chi connectivity index (χ0) is 13.5. The summed E-state index contributed by atoms with van der Waals surface area (Å²) in [5.41, 5.74) is 0. The van der Waals surface area contributed by atoms with E-state index >= 15 is 0 Å². The zero-order valence-corrected chi connectivity index (χ0v) is 12.3. The molecular formula is C15H29NO. The maximum absolute atomic E-state index is 5.21. The van der Waals surface area contributed by atoms with Gasteiger partial charge in [0, 0.05) is 6.04 Å². The molecule has 0 aliphatic carbocycles. The molecule has 0 aliphatic heterocycles. The van der Waals surface area contributed by atoms with Gasteiger partial charge in [-0.2, -0.15) is 0 Å². The predicted molar refractivity (Wildman–Crippen MR) is 77.8 cm³/mol. The molecule has 0 amide bonds. The molecule has 0 bridgehead atoms. The van der Waals surface area contributed by atoms with Crippen molar-refractivity contribution in [1.29, 1.82) is 0 Å². The average Bonchev–Trinajstić information content (AvgIpc) is 2.34. The van der Waals surface area contributed by atoms with Crippen LogP contribution in [0.15, 0.2) is 30.3 Å². The van der Waals surface area contributed by atoms with Gasteiger partial charge in [0.25, 0.3) is 0 Å². The summed E-state index contributed by atoms with van der Waals surface area (Å²) < 4.78 is 5.21. The van der Waals surface area contributed by atoms with Crippen molar-refractivity contribution < 1.29 is 4.74 Å². The first-order valence-corrected chi connectivity index (χ1v) is 6.61. The Morgan fingerprint density at radius 3 is 1.88 bits per heavy atom. The molecule has 0 saturated heterocycles. The van der Waals surface area contributed by atoms with Gasteiger partial charge in [0.2, 0.25) is 0 Å². The fraction of sp³-hybridized carbons (Fsp3) is 0.600.